The number of hydrogen-bond donors (Lipinski definition) is 1. The van der Waals surface area contributed by atoms with Gasteiger partial charge in [-0.05, 0) is 23.3 Å². The predicted octanol–water partition coefficient (Wildman–Crippen LogP) is 2.92. The molecule has 4 nitrogen and oxygen atoms in total. The second-order valence-electron chi connectivity index (χ2n) is 5.03. The molecule has 1 saturated heterocycles. The highest BCUT2D eigenvalue weighted by atomic mass is 16.5. The predicted molar refractivity (Wildman–Crippen MR) is 86.5 cm³/mol. The summed E-state index contributed by atoms with van der Waals surface area (Å²) in [5, 5.41) is 7.29. The van der Waals surface area contributed by atoms with Crippen LogP contribution in [0.2, 0.25) is 0 Å². The lowest BCUT2D eigenvalue weighted by molar-refractivity contribution is 0.0277. The van der Waals surface area contributed by atoms with Crippen LogP contribution in [0.25, 0.3) is 17.2 Å². The monoisotopic (exact) mass is 281 g/mol. The second kappa shape index (κ2) is 6.08. The summed E-state index contributed by atoms with van der Waals surface area (Å²) in [7, 11) is 0. The van der Waals surface area contributed by atoms with Crippen LogP contribution in [0.1, 0.15) is 17.4 Å². The van der Waals surface area contributed by atoms with Gasteiger partial charge < -0.3 is 10.1 Å². The van der Waals surface area contributed by atoms with Crippen LogP contribution in [0, 0.1) is 0 Å². The lowest BCUT2D eigenvalue weighted by Gasteiger charge is -2.24. The molecule has 0 bridgehead atoms. The van der Waals surface area contributed by atoms with E-state index < -0.39 is 0 Å². The van der Waals surface area contributed by atoms with Gasteiger partial charge in [-0.15, -0.1) is 0 Å². The number of nitrogens with zero attached hydrogens (tertiary/aromatic N) is 2. The van der Waals surface area contributed by atoms with E-state index in [0.717, 1.165) is 36.5 Å². The van der Waals surface area contributed by atoms with Crippen LogP contribution in [-0.4, -0.2) is 31.1 Å². The Morgan fingerprint density at radius 3 is 2.67 bits per heavy atom. The standard InChI is InChI=1S/C17H19N3O/c1-3-16-10-15(12-20(16)18-2)13-4-6-14(7-5-13)17-11-19-8-9-21-17/h3-7,10,12,17,19H,1-2,8-9,11H2. The van der Waals surface area contributed by atoms with Gasteiger partial charge in [0.05, 0.1) is 18.4 Å². The van der Waals surface area contributed by atoms with Gasteiger partial charge in [-0.25, -0.2) is 4.68 Å². The molecule has 0 aliphatic carbocycles. The van der Waals surface area contributed by atoms with Crippen LogP contribution in [-0.2, 0) is 4.74 Å². The van der Waals surface area contributed by atoms with Crippen molar-refractivity contribution in [2.24, 2.45) is 5.10 Å². The first kappa shape index (κ1) is 13.8. The molecule has 1 fully saturated rings. The average Bonchev–Trinajstić information content (AvgIpc) is 2.99. The van der Waals surface area contributed by atoms with E-state index in [2.05, 4.69) is 54.0 Å². The second-order valence-corrected chi connectivity index (χ2v) is 5.03. The average molecular weight is 281 g/mol. The van der Waals surface area contributed by atoms with Gasteiger partial charge in [-0.3, -0.25) is 0 Å². The summed E-state index contributed by atoms with van der Waals surface area (Å²) < 4.78 is 7.49. The Bertz CT molecular complexity index is 611. The van der Waals surface area contributed by atoms with Crippen molar-refractivity contribution >= 4 is 12.8 Å². The molecule has 1 aliphatic rings. The van der Waals surface area contributed by atoms with Gasteiger partial charge in [0.15, 0.2) is 0 Å². The Hall–Kier alpha value is -2.17. The zero-order chi connectivity index (χ0) is 14.7. The van der Waals surface area contributed by atoms with E-state index in [1.807, 2.05) is 6.20 Å². The summed E-state index contributed by atoms with van der Waals surface area (Å²) in [6.07, 6.45) is 3.88. The molecule has 1 atom stereocenters. The molecule has 1 aromatic carbocycles. The van der Waals surface area contributed by atoms with Gasteiger partial charge in [0, 0.05) is 31.6 Å². The number of aromatic nitrogens is 1. The molecule has 4 heteroatoms. The van der Waals surface area contributed by atoms with Gasteiger partial charge in [0.2, 0.25) is 0 Å². The van der Waals surface area contributed by atoms with E-state index in [0.29, 0.717) is 0 Å². The number of benzene rings is 1. The summed E-state index contributed by atoms with van der Waals surface area (Å²) in [4.78, 5) is 0. The van der Waals surface area contributed by atoms with Crippen molar-refractivity contribution in [1.29, 1.82) is 0 Å². The third kappa shape index (κ3) is 2.82. The molecule has 1 N–H and O–H groups in total. The summed E-state index contributed by atoms with van der Waals surface area (Å²) in [6, 6.07) is 10.5. The lowest BCUT2D eigenvalue weighted by Crippen LogP contribution is -2.33. The summed E-state index contributed by atoms with van der Waals surface area (Å²) >= 11 is 0. The Morgan fingerprint density at radius 1 is 1.29 bits per heavy atom. The molecule has 108 valence electrons. The van der Waals surface area contributed by atoms with Crippen LogP contribution in [0.15, 0.2) is 48.2 Å². The Kier molecular flexibility index (Phi) is 3.99. The SMILES string of the molecule is C=Cc1cc(-c2ccc(C3CNCCO3)cc2)cn1N=C. The fraction of sp³-hybridized carbons (Fsp3) is 0.235. The quantitative estimate of drug-likeness (QED) is 0.875. The van der Waals surface area contributed by atoms with Crippen molar-refractivity contribution in [3.63, 3.8) is 0 Å². The molecule has 2 aromatic rings. The number of morpholine rings is 1. The third-order valence-electron chi connectivity index (χ3n) is 3.73. The van der Waals surface area contributed by atoms with Crippen molar-refractivity contribution < 1.29 is 4.74 Å². The normalized spacial score (nSPS) is 18.4. The van der Waals surface area contributed by atoms with Crippen LogP contribution in [0.5, 0.6) is 0 Å². The number of nitrogens with one attached hydrogen (secondary N) is 1. The van der Waals surface area contributed by atoms with Crippen molar-refractivity contribution in [2.75, 3.05) is 19.7 Å². The minimum absolute atomic E-state index is 0.149. The summed E-state index contributed by atoms with van der Waals surface area (Å²) in [6.45, 7) is 9.92. The van der Waals surface area contributed by atoms with Gasteiger partial charge >= 0.3 is 0 Å². The maximum Gasteiger partial charge on any atom is 0.0949 e. The molecule has 1 aliphatic heterocycles. The summed E-state index contributed by atoms with van der Waals surface area (Å²) in [5.41, 5.74) is 4.39. The Balaban J connectivity index is 1.84. The van der Waals surface area contributed by atoms with E-state index in [1.54, 1.807) is 10.8 Å². The first-order valence-corrected chi connectivity index (χ1v) is 7.06. The molecule has 3 rings (SSSR count). The molecule has 0 radical (unpaired) electrons. The Morgan fingerprint density at radius 2 is 2.10 bits per heavy atom. The van der Waals surface area contributed by atoms with Crippen LogP contribution >= 0.6 is 0 Å². The van der Waals surface area contributed by atoms with E-state index >= 15 is 0 Å². The largest absolute Gasteiger partial charge is 0.371 e. The van der Waals surface area contributed by atoms with Crippen LogP contribution in [0.4, 0.5) is 0 Å². The highest BCUT2D eigenvalue weighted by molar-refractivity contribution is 5.67. The molecule has 2 heterocycles. The van der Waals surface area contributed by atoms with E-state index in [4.69, 9.17) is 4.74 Å². The van der Waals surface area contributed by atoms with Crippen molar-refractivity contribution in [3.05, 3.63) is 54.4 Å². The van der Waals surface area contributed by atoms with E-state index in [9.17, 15) is 0 Å². The lowest BCUT2D eigenvalue weighted by atomic mass is 10.0. The topological polar surface area (TPSA) is 38.5 Å². The zero-order valence-corrected chi connectivity index (χ0v) is 12.0. The Labute approximate surface area is 124 Å². The molecule has 0 spiro atoms. The van der Waals surface area contributed by atoms with Crippen LogP contribution < -0.4 is 5.32 Å². The molecule has 0 amide bonds. The van der Waals surface area contributed by atoms with Gasteiger partial charge in [-0.2, -0.15) is 5.10 Å². The highest BCUT2D eigenvalue weighted by Gasteiger charge is 2.15. The molecular formula is C17H19N3O. The number of rotatable bonds is 4. The van der Waals surface area contributed by atoms with E-state index in [-0.39, 0.29) is 6.10 Å². The molecule has 21 heavy (non-hydrogen) atoms. The minimum atomic E-state index is 0.149. The van der Waals surface area contributed by atoms with Gasteiger partial charge in [0.1, 0.15) is 0 Å². The van der Waals surface area contributed by atoms with Crippen LogP contribution in [0.3, 0.4) is 0 Å². The number of ether oxygens (including phenoxy) is 1. The van der Waals surface area contributed by atoms with Crippen molar-refractivity contribution in [1.82, 2.24) is 9.99 Å². The fourth-order valence-electron chi connectivity index (χ4n) is 2.57. The highest BCUT2D eigenvalue weighted by Crippen LogP contribution is 2.26. The minimum Gasteiger partial charge on any atom is -0.371 e. The van der Waals surface area contributed by atoms with Crippen molar-refractivity contribution in [2.45, 2.75) is 6.10 Å². The number of hydrogen-bond acceptors (Lipinski definition) is 3. The smallest absolute Gasteiger partial charge is 0.0949 e. The third-order valence-corrected chi connectivity index (χ3v) is 3.73. The first-order valence-electron chi connectivity index (χ1n) is 7.06. The molecular weight excluding hydrogens is 262 g/mol. The van der Waals surface area contributed by atoms with Gasteiger partial charge in [0.25, 0.3) is 0 Å². The van der Waals surface area contributed by atoms with E-state index in [1.165, 1.54) is 5.56 Å². The first-order chi connectivity index (χ1) is 10.3. The maximum absolute atomic E-state index is 5.76. The summed E-state index contributed by atoms with van der Waals surface area (Å²) in [5.74, 6) is 0. The molecule has 0 saturated carbocycles. The molecule has 1 unspecified atom stereocenters. The zero-order valence-electron chi connectivity index (χ0n) is 12.0. The fourth-order valence-corrected chi connectivity index (χ4v) is 2.57. The molecule has 1 aromatic heterocycles. The maximum atomic E-state index is 5.76. The van der Waals surface area contributed by atoms with Gasteiger partial charge in [-0.1, -0.05) is 30.8 Å². The van der Waals surface area contributed by atoms with Crippen molar-refractivity contribution in [3.8, 4) is 11.1 Å².